The summed E-state index contributed by atoms with van der Waals surface area (Å²) in [4.78, 5) is 14.5. The van der Waals surface area contributed by atoms with E-state index < -0.39 is 0 Å². The van der Waals surface area contributed by atoms with Crippen LogP contribution in [-0.2, 0) is 0 Å². The molecule has 4 aromatic rings. The molecular weight excluding hydrogens is 370 g/mol. The molecule has 6 heteroatoms. The van der Waals surface area contributed by atoms with Gasteiger partial charge in [0.25, 0.3) is 0 Å². The lowest BCUT2D eigenvalue weighted by Gasteiger charge is -2.21. The Hall–Kier alpha value is -3.05. The lowest BCUT2D eigenvalue weighted by atomic mass is 10.1. The molecule has 2 heterocycles. The van der Waals surface area contributed by atoms with E-state index in [1.54, 1.807) is 6.33 Å². The molecule has 4 rings (SSSR count). The normalized spacial score (nSPS) is 11.0. The number of hydrogen-bond donors (Lipinski definition) is 2. The van der Waals surface area contributed by atoms with Gasteiger partial charge >= 0.3 is 0 Å². The van der Waals surface area contributed by atoms with Gasteiger partial charge in [0.2, 0.25) is 0 Å². The first-order valence-electron chi connectivity index (χ1n) is 9.39. The van der Waals surface area contributed by atoms with Crippen molar-refractivity contribution in [2.75, 3.05) is 23.3 Å². The van der Waals surface area contributed by atoms with Crippen LogP contribution >= 0.6 is 11.6 Å². The smallest absolute Gasteiger partial charge is 0.143 e. The summed E-state index contributed by atoms with van der Waals surface area (Å²) < 4.78 is 0. The molecule has 2 aromatic heterocycles. The number of nitrogens with zero attached hydrogens (tertiary/aromatic N) is 3. The quantitative estimate of drug-likeness (QED) is 0.431. The molecule has 2 N–H and O–H groups in total. The Morgan fingerprint density at radius 1 is 1.00 bits per heavy atom. The SMILES string of the molecule is CCN(CC)c1ccc(-c2cc3c(Nc4cccc(Cl)c4)ncnc3[nH]2)cc1. The number of halogens is 1. The topological polar surface area (TPSA) is 56.8 Å². The Bertz CT molecular complexity index is 1080. The van der Waals surface area contributed by atoms with E-state index >= 15 is 0 Å². The van der Waals surface area contributed by atoms with Crippen molar-refractivity contribution in [3.05, 3.63) is 65.9 Å². The number of rotatable bonds is 6. The van der Waals surface area contributed by atoms with Crippen molar-refractivity contribution in [3.8, 4) is 11.3 Å². The summed E-state index contributed by atoms with van der Waals surface area (Å²) in [6.45, 7) is 6.33. The third-order valence-electron chi connectivity index (χ3n) is 4.82. The van der Waals surface area contributed by atoms with E-state index in [0.29, 0.717) is 5.02 Å². The predicted octanol–water partition coefficient (Wildman–Crippen LogP) is 5.87. The molecule has 0 aliphatic heterocycles. The first-order valence-corrected chi connectivity index (χ1v) is 9.77. The Morgan fingerprint density at radius 2 is 1.79 bits per heavy atom. The number of fused-ring (bicyclic) bond motifs is 1. The standard InChI is InChI=1S/C22H22ClN5/c1-3-28(4-2)18-10-8-15(9-11-18)20-13-19-21(24-14-25-22(19)27-20)26-17-7-5-6-16(23)12-17/h5-14H,3-4H2,1-2H3,(H2,24,25,26,27). The van der Waals surface area contributed by atoms with Crippen LogP contribution in [0.15, 0.2) is 60.9 Å². The third-order valence-corrected chi connectivity index (χ3v) is 5.06. The largest absolute Gasteiger partial charge is 0.372 e. The highest BCUT2D eigenvalue weighted by molar-refractivity contribution is 6.30. The van der Waals surface area contributed by atoms with Crippen molar-refractivity contribution >= 4 is 39.8 Å². The molecule has 5 nitrogen and oxygen atoms in total. The van der Waals surface area contributed by atoms with Gasteiger partial charge in [0, 0.05) is 35.2 Å². The summed E-state index contributed by atoms with van der Waals surface area (Å²) in [7, 11) is 0. The molecule has 2 aromatic carbocycles. The number of benzene rings is 2. The summed E-state index contributed by atoms with van der Waals surface area (Å²) in [6.07, 6.45) is 1.55. The number of H-pyrrole nitrogens is 1. The number of hydrogen-bond acceptors (Lipinski definition) is 4. The summed E-state index contributed by atoms with van der Waals surface area (Å²) in [5.41, 5.74) is 5.03. The van der Waals surface area contributed by atoms with Crippen LogP contribution < -0.4 is 10.2 Å². The molecular formula is C22H22ClN5. The van der Waals surface area contributed by atoms with Gasteiger partial charge in [-0.3, -0.25) is 0 Å². The maximum atomic E-state index is 6.09. The van der Waals surface area contributed by atoms with E-state index in [0.717, 1.165) is 46.9 Å². The second kappa shape index (κ2) is 7.90. The van der Waals surface area contributed by atoms with Crippen LogP contribution in [0.2, 0.25) is 5.02 Å². The van der Waals surface area contributed by atoms with Crippen molar-refractivity contribution in [3.63, 3.8) is 0 Å². The second-order valence-corrected chi connectivity index (χ2v) is 6.96. The van der Waals surface area contributed by atoms with Crippen LogP contribution in [0.3, 0.4) is 0 Å². The fraction of sp³-hybridized carbons (Fsp3) is 0.182. The van der Waals surface area contributed by atoms with Crippen LogP contribution in [0.5, 0.6) is 0 Å². The fourth-order valence-corrected chi connectivity index (χ4v) is 3.53. The van der Waals surface area contributed by atoms with Crippen LogP contribution in [0.4, 0.5) is 17.2 Å². The molecule has 0 aliphatic carbocycles. The van der Waals surface area contributed by atoms with Gasteiger partial charge in [-0.15, -0.1) is 0 Å². The molecule has 0 radical (unpaired) electrons. The maximum absolute atomic E-state index is 6.09. The predicted molar refractivity (Wildman–Crippen MR) is 118 cm³/mol. The molecule has 0 unspecified atom stereocenters. The molecule has 142 valence electrons. The van der Waals surface area contributed by atoms with Gasteiger partial charge < -0.3 is 15.2 Å². The Morgan fingerprint density at radius 3 is 2.50 bits per heavy atom. The summed E-state index contributed by atoms with van der Waals surface area (Å²) in [6, 6.07) is 18.2. The lowest BCUT2D eigenvalue weighted by Crippen LogP contribution is -2.21. The maximum Gasteiger partial charge on any atom is 0.143 e. The van der Waals surface area contributed by atoms with Crippen molar-refractivity contribution < 1.29 is 0 Å². The van der Waals surface area contributed by atoms with Crippen LogP contribution in [-0.4, -0.2) is 28.0 Å². The lowest BCUT2D eigenvalue weighted by molar-refractivity contribution is 0.866. The van der Waals surface area contributed by atoms with Gasteiger partial charge in [0.1, 0.15) is 17.8 Å². The molecule has 0 bridgehead atoms. The monoisotopic (exact) mass is 391 g/mol. The average molecular weight is 392 g/mol. The molecule has 0 spiro atoms. The van der Waals surface area contributed by atoms with E-state index in [1.165, 1.54) is 5.69 Å². The highest BCUT2D eigenvalue weighted by Crippen LogP contribution is 2.30. The molecule has 0 amide bonds. The van der Waals surface area contributed by atoms with Crippen LogP contribution in [0, 0.1) is 0 Å². The first kappa shape index (κ1) is 18.3. The number of aromatic amines is 1. The van der Waals surface area contributed by atoms with Gasteiger partial charge in [-0.25, -0.2) is 9.97 Å². The van der Waals surface area contributed by atoms with Crippen LogP contribution in [0.25, 0.3) is 22.3 Å². The van der Waals surface area contributed by atoms with E-state index in [1.807, 2.05) is 24.3 Å². The fourth-order valence-electron chi connectivity index (χ4n) is 3.34. The van der Waals surface area contributed by atoms with Gasteiger partial charge in [0.15, 0.2) is 0 Å². The van der Waals surface area contributed by atoms with Gasteiger partial charge in [-0.1, -0.05) is 29.8 Å². The van der Waals surface area contributed by atoms with Crippen LogP contribution in [0.1, 0.15) is 13.8 Å². The number of aromatic nitrogens is 3. The molecule has 0 fully saturated rings. The zero-order valence-electron chi connectivity index (χ0n) is 15.9. The van der Waals surface area contributed by atoms with Crippen molar-refractivity contribution in [1.29, 1.82) is 0 Å². The van der Waals surface area contributed by atoms with Gasteiger partial charge in [-0.05, 0) is 55.8 Å². The third kappa shape index (κ3) is 3.66. The zero-order chi connectivity index (χ0) is 19.5. The number of nitrogens with one attached hydrogen (secondary N) is 2. The molecule has 0 saturated heterocycles. The number of anilines is 3. The first-order chi connectivity index (χ1) is 13.7. The van der Waals surface area contributed by atoms with Crippen molar-refractivity contribution in [2.45, 2.75) is 13.8 Å². The molecule has 0 aliphatic rings. The minimum absolute atomic E-state index is 0.679. The minimum Gasteiger partial charge on any atom is -0.372 e. The summed E-state index contributed by atoms with van der Waals surface area (Å²) >= 11 is 6.09. The zero-order valence-corrected chi connectivity index (χ0v) is 16.7. The Labute approximate surface area is 169 Å². The van der Waals surface area contributed by atoms with Crippen molar-refractivity contribution in [1.82, 2.24) is 15.0 Å². The van der Waals surface area contributed by atoms with E-state index in [2.05, 4.69) is 69.3 Å². The highest BCUT2D eigenvalue weighted by atomic mass is 35.5. The van der Waals surface area contributed by atoms with E-state index in [4.69, 9.17) is 11.6 Å². The summed E-state index contributed by atoms with van der Waals surface area (Å²) in [5.74, 6) is 0.745. The Kier molecular flexibility index (Phi) is 5.17. The second-order valence-electron chi connectivity index (χ2n) is 6.52. The summed E-state index contributed by atoms with van der Waals surface area (Å²) in [5, 5.41) is 4.94. The molecule has 0 atom stereocenters. The van der Waals surface area contributed by atoms with Gasteiger partial charge in [0.05, 0.1) is 5.39 Å². The van der Waals surface area contributed by atoms with E-state index in [-0.39, 0.29) is 0 Å². The Balaban J connectivity index is 1.66. The van der Waals surface area contributed by atoms with Gasteiger partial charge in [-0.2, -0.15) is 0 Å². The van der Waals surface area contributed by atoms with Crippen molar-refractivity contribution in [2.24, 2.45) is 0 Å². The molecule has 0 saturated carbocycles. The average Bonchev–Trinajstić information content (AvgIpc) is 3.15. The molecule has 28 heavy (non-hydrogen) atoms. The van der Waals surface area contributed by atoms with E-state index in [9.17, 15) is 0 Å². The highest BCUT2D eigenvalue weighted by Gasteiger charge is 2.10. The minimum atomic E-state index is 0.679.